The predicted molar refractivity (Wildman–Crippen MR) is 107 cm³/mol. The van der Waals surface area contributed by atoms with Crippen molar-refractivity contribution in [2.24, 2.45) is 0 Å². The number of carboxylic acid groups (broad SMARTS) is 1. The number of nitrogens with one attached hydrogen (secondary N) is 1. The van der Waals surface area contributed by atoms with Crippen LogP contribution in [0.3, 0.4) is 0 Å². The molecule has 1 aromatic carbocycles. The van der Waals surface area contributed by atoms with E-state index in [0.29, 0.717) is 36.9 Å². The summed E-state index contributed by atoms with van der Waals surface area (Å²) in [6, 6.07) is 5.63. The third-order valence-corrected chi connectivity index (χ3v) is 4.76. The molecule has 0 spiro atoms. The van der Waals surface area contributed by atoms with Gasteiger partial charge in [-0.1, -0.05) is 0 Å². The number of carbonyl (C=O) groups excluding carboxylic acids is 1. The Kier molecular flexibility index (Phi) is 8.53. The van der Waals surface area contributed by atoms with E-state index in [2.05, 4.69) is 10.2 Å². The minimum atomic E-state index is -0.814. The van der Waals surface area contributed by atoms with Gasteiger partial charge in [0.05, 0.1) is 26.3 Å². The van der Waals surface area contributed by atoms with E-state index >= 15 is 0 Å². The molecule has 28 heavy (non-hydrogen) atoms. The van der Waals surface area contributed by atoms with Crippen molar-refractivity contribution in [3.63, 3.8) is 0 Å². The van der Waals surface area contributed by atoms with E-state index in [-0.39, 0.29) is 18.5 Å². The highest BCUT2D eigenvalue weighted by molar-refractivity contribution is 5.92. The SMILES string of the molecule is CCOc1ccc(NC(=O)CN2CCC(N(C)CC(=O)O)CC2)cc1OCC. The first-order chi connectivity index (χ1) is 13.4. The zero-order valence-corrected chi connectivity index (χ0v) is 16.9. The van der Waals surface area contributed by atoms with Gasteiger partial charge in [0.1, 0.15) is 0 Å². The molecule has 1 fully saturated rings. The number of likely N-dealkylation sites (tertiary alicyclic amines) is 1. The molecule has 1 aliphatic heterocycles. The lowest BCUT2D eigenvalue weighted by molar-refractivity contribution is -0.138. The Morgan fingerprint density at radius 3 is 2.43 bits per heavy atom. The molecule has 1 saturated heterocycles. The van der Waals surface area contributed by atoms with Crippen LogP contribution in [0.1, 0.15) is 26.7 Å². The third-order valence-electron chi connectivity index (χ3n) is 4.76. The van der Waals surface area contributed by atoms with Crippen molar-refractivity contribution in [2.45, 2.75) is 32.7 Å². The van der Waals surface area contributed by atoms with E-state index in [9.17, 15) is 9.59 Å². The van der Waals surface area contributed by atoms with Gasteiger partial charge in [0.25, 0.3) is 0 Å². The van der Waals surface area contributed by atoms with Gasteiger partial charge < -0.3 is 19.9 Å². The normalized spacial score (nSPS) is 15.4. The Hall–Kier alpha value is -2.32. The highest BCUT2D eigenvalue weighted by Gasteiger charge is 2.24. The lowest BCUT2D eigenvalue weighted by Gasteiger charge is -2.35. The molecule has 0 saturated carbocycles. The van der Waals surface area contributed by atoms with E-state index < -0.39 is 5.97 Å². The number of aliphatic carboxylic acids is 1. The maximum Gasteiger partial charge on any atom is 0.317 e. The average molecular weight is 393 g/mol. The monoisotopic (exact) mass is 393 g/mol. The molecule has 8 heteroatoms. The molecule has 0 radical (unpaired) electrons. The van der Waals surface area contributed by atoms with Crippen molar-refractivity contribution in [1.82, 2.24) is 9.80 Å². The Balaban J connectivity index is 1.84. The third kappa shape index (κ3) is 6.69. The maximum atomic E-state index is 12.4. The summed E-state index contributed by atoms with van der Waals surface area (Å²) >= 11 is 0. The van der Waals surface area contributed by atoms with Crippen LogP contribution >= 0.6 is 0 Å². The number of carbonyl (C=O) groups is 2. The van der Waals surface area contributed by atoms with Gasteiger partial charge in [0.15, 0.2) is 11.5 Å². The summed E-state index contributed by atoms with van der Waals surface area (Å²) in [5, 5.41) is 11.8. The first-order valence-corrected chi connectivity index (χ1v) is 9.76. The minimum absolute atomic E-state index is 0.0467. The van der Waals surface area contributed by atoms with Crippen molar-refractivity contribution in [3.05, 3.63) is 18.2 Å². The molecule has 0 atom stereocenters. The number of carboxylic acids is 1. The molecule has 0 aliphatic carbocycles. The minimum Gasteiger partial charge on any atom is -0.490 e. The van der Waals surface area contributed by atoms with Crippen LogP contribution in [0.25, 0.3) is 0 Å². The van der Waals surface area contributed by atoms with Gasteiger partial charge in [0.2, 0.25) is 5.91 Å². The van der Waals surface area contributed by atoms with E-state index in [1.807, 2.05) is 25.8 Å². The van der Waals surface area contributed by atoms with Gasteiger partial charge >= 0.3 is 5.97 Å². The number of anilines is 1. The number of benzene rings is 1. The molecule has 1 aliphatic rings. The number of hydrogen-bond acceptors (Lipinski definition) is 6. The van der Waals surface area contributed by atoms with Crippen LogP contribution in [-0.4, -0.2) is 79.3 Å². The second kappa shape index (κ2) is 10.9. The second-order valence-electron chi connectivity index (χ2n) is 6.89. The fourth-order valence-corrected chi connectivity index (χ4v) is 3.39. The summed E-state index contributed by atoms with van der Waals surface area (Å²) in [7, 11) is 1.84. The van der Waals surface area contributed by atoms with Gasteiger partial charge in [0, 0.05) is 30.9 Å². The van der Waals surface area contributed by atoms with Crippen LogP contribution in [0.2, 0.25) is 0 Å². The zero-order valence-electron chi connectivity index (χ0n) is 16.9. The Labute approximate surface area is 166 Å². The molecule has 0 bridgehead atoms. The number of amides is 1. The fraction of sp³-hybridized carbons (Fsp3) is 0.600. The molecule has 2 rings (SSSR count). The van der Waals surface area contributed by atoms with Crippen molar-refractivity contribution >= 4 is 17.6 Å². The van der Waals surface area contributed by atoms with Crippen LogP contribution in [0, 0.1) is 0 Å². The van der Waals surface area contributed by atoms with Gasteiger partial charge in [-0.3, -0.25) is 19.4 Å². The molecule has 156 valence electrons. The summed E-state index contributed by atoms with van der Waals surface area (Å²) in [6.45, 7) is 6.78. The number of hydrogen-bond donors (Lipinski definition) is 2. The number of piperidine rings is 1. The zero-order chi connectivity index (χ0) is 20.5. The molecular formula is C20H31N3O5. The molecule has 1 heterocycles. The molecular weight excluding hydrogens is 362 g/mol. The van der Waals surface area contributed by atoms with Gasteiger partial charge in [-0.2, -0.15) is 0 Å². The second-order valence-corrected chi connectivity index (χ2v) is 6.89. The standard InChI is InChI=1S/C20H31N3O5/c1-4-27-17-7-6-15(12-18(17)28-5-2)21-19(24)13-23-10-8-16(9-11-23)22(3)14-20(25)26/h6-7,12,16H,4-5,8-11,13-14H2,1-3H3,(H,21,24)(H,25,26). The van der Waals surface area contributed by atoms with Crippen LogP contribution in [0.5, 0.6) is 11.5 Å². The quantitative estimate of drug-likeness (QED) is 0.627. The topological polar surface area (TPSA) is 91.3 Å². The molecule has 1 amide bonds. The number of likely N-dealkylation sites (N-methyl/N-ethyl adjacent to an activating group) is 1. The number of ether oxygens (including phenoxy) is 2. The van der Waals surface area contributed by atoms with Crippen LogP contribution < -0.4 is 14.8 Å². The first kappa shape index (κ1) is 22.0. The number of nitrogens with zero attached hydrogens (tertiary/aromatic N) is 2. The highest BCUT2D eigenvalue weighted by atomic mass is 16.5. The van der Waals surface area contributed by atoms with Gasteiger partial charge in [-0.05, 0) is 45.9 Å². The van der Waals surface area contributed by atoms with E-state index in [4.69, 9.17) is 14.6 Å². The van der Waals surface area contributed by atoms with Crippen molar-refractivity contribution in [2.75, 3.05) is 51.8 Å². The van der Waals surface area contributed by atoms with E-state index in [0.717, 1.165) is 25.9 Å². The van der Waals surface area contributed by atoms with Crippen LogP contribution in [-0.2, 0) is 9.59 Å². The molecule has 1 aromatic rings. The Morgan fingerprint density at radius 1 is 1.18 bits per heavy atom. The largest absolute Gasteiger partial charge is 0.490 e. The van der Waals surface area contributed by atoms with Crippen molar-refractivity contribution in [1.29, 1.82) is 0 Å². The van der Waals surface area contributed by atoms with Crippen LogP contribution in [0.4, 0.5) is 5.69 Å². The highest BCUT2D eigenvalue weighted by Crippen LogP contribution is 2.30. The van der Waals surface area contributed by atoms with E-state index in [1.165, 1.54) is 0 Å². The Bertz CT molecular complexity index is 659. The lowest BCUT2D eigenvalue weighted by Crippen LogP contribution is -2.46. The van der Waals surface area contributed by atoms with E-state index in [1.54, 1.807) is 18.2 Å². The molecule has 0 unspecified atom stereocenters. The lowest BCUT2D eigenvalue weighted by atomic mass is 10.0. The van der Waals surface area contributed by atoms with Gasteiger partial charge in [-0.15, -0.1) is 0 Å². The first-order valence-electron chi connectivity index (χ1n) is 9.76. The molecule has 2 N–H and O–H groups in total. The summed E-state index contributed by atoms with van der Waals surface area (Å²) in [6.07, 6.45) is 1.71. The summed E-state index contributed by atoms with van der Waals surface area (Å²) in [5.74, 6) is 0.384. The van der Waals surface area contributed by atoms with Crippen LogP contribution in [0.15, 0.2) is 18.2 Å². The molecule has 0 aromatic heterocycles. The number of rotatable bonds is 10. The van der Waals surface area contributed by atoms with Crippen molar-refractivity contribution < 1.29 is 24.2 Å². The summed E-state index contributed by atoms with van der Waals surface area (Å²) in [4.78, 5) is 27.2. The summed E-state index contributed by atoms with van der Waals surface area (Å²) in [5.41, 5.74) is 0.674. The fourth-order valence-electron chi connectivity index (χ4n) is 3.39. The molecule has 8 nitrogen and oxygen atoms in total. The smallest absolute Gasteiger partial charge is 0.317 e. The summed E-state index contributed by atoms with van der Waals surface area (Å²) < 4.78 is 11.1. The Morgan fingerprint density at radius 2 is 1.82 bits per heavy atom. The average Bonchev–Trinajstić information content (AvgIpc) is 2.64. The van der Waals surface area contributed by atoms with Gasteiger partial charge in [-0.25, -0.2) is 0 Å². The predicted octanol–water partition coefficient (Wildman–Crippen LogP) is 1.90. The maximum absolute atomic E-state index is 12.4. The van der Waals surface area contributed by atoms with Crippen molar-refractivity contribution in [3.8, 4) is 11.5 Å².